The van der Waals surface area contributed by atoms with E-state index in [9.17, 15) is 9.59 Å². The molecule has 0 bridgehead atoms. The van der Waals surface area contributed by atoms with Crippen LogP contribution in [0.15, 0.2) is 42.7 Å². The van der Waals surface area contributed by atoms with Gasteiger partial charge in [0.1, 0.15) is 12.1 Å². The van der Waals surface area contributed by atoms with E-state index in [0.29, 0.717) is 39.0 Å². The molecular weight excluding hydrogens is 356 g/mol. The Hall–Kier alpha value is -2.96. The number of nitrogens with zero attached hydrogens (tertiary/aromatic N) is 4. The van der Waals surface area contributed by atoms with Gasteiger partial charge in [0.2, 0.25) is 5.91 Å². The van der Waals surface area contributed by atoms with Crippen molar-refractivity contribution >= 4 is 17.7 Å². The monoisotopic (exact) mass is 380 g/mol. The van der Waals surface area contributed by atoms with Gasteiger partial charge in [0.05, 0.1) is 24.6 Å². The van der Waals surface area contributed by atoms with Crippen molar-refractivity contribution in [3.05, 3.63) is 42.7 Å². The van der Waals surface area contributed by atoms with Crippen molar-refractivity contribution < 1.29 is 14.3 Å². The molecule has 7 nitrogen and oxygen atoms in total. The number of hydrogen-bond acceptors (Lipinski definition) is 6. The van der Waals surface area contributed by atoms with Crippen LogP contribution in [0.3, 0.4) is 0 Å². The average molecular weight is 380 g/mol. The number of ether oxygens (including phenoxy) is 1. The van der Waals surface area contributed by atoms with Gasteiger partial charge in [0, 0.05) is 37.8 Å². The van der Waals surface area contributed by atoms with E-state index in [1.165, 1.54) is 7.11 Å². The first-order valence-corrected chi connectivity index (χ1v) is 9.64. The van der Waals surface area contributed by atoms with E-state index in [4.69, 9.17) is 4.74 Å². The molecule has 1 aromatic heterocycles. The summed E-state index contributed by atoms with van der Waals surface area (Å²) in [6.07, 6.45) is 2.94. The van der Waals surface area contributed by atoms with Gasteiger partial charge in [-0.15, -0.1) is 0 Å². The van der Waals surface area contributed by atoms with Crippen LogP contribution in [0.25, 0.3) is 11.3 Å². The molecule has 1 aromatic carbocycles. The normalized spacial score (nSPS) is 17.9. The van der Waals surface area contributed by atoms with Crippen LogP contribution in [0.4, 0.5) is 5.82 Å². The minimum atomic E-state index is -0.167. The number of amides is 1. The van der Waals surface area contributed by atoms with E-state index < -0.39 is 0 Å². The van der Waals surface area contributed by atoms with E-state index in [1.807, 2.05) is 41.3 Å². The van der Waals surface area contributed by atoms with Crippen LogP contribution in [0, 0.1) is 11.8 Å². The summed E-state index contributed by atoms with van der Waals surface area (Å²) < 4.78 is 4.81. The first-order valence-electron chi connectivity index (χ1n) is 9.64. The minimum absolute atomic E-state index is 0.00943. The van der Waals surface area contributed by atoms with Crippen molar-refractivity contribution in [3.8, 4) is 11.3 Å². The number of benzene rings is 1. The molecule has 0 saturated carbocycles. The van der Waals surface area contributed by atoms with Gasteiger partial charge in [0.25, 0.3) is 0 Å². The summed E-state index contributed by atoms with van der Waals surface area (Å²) in [6, 6.07) is 12.0. The van der Waals surface area contributed by atoms with Crippen LogP contribution in [-0.2, 0) is 14.3 Å². The molecule has 0 N–H and O–H groups in total. The number of anilines is 1. The Morgan fingerprint density at radius 1 is 1.04 bits per heavy atom. The van der Waals surface area contributed by atoms with Crippen molar-refractivity contribution in [2.75, 3.05) is 38.2 Å². The third-order valence-corrected chi connectivity index (χ3v) is 5.62. The van der Waals surface area contributed by atoms with Gasteiger partial charge in [-0.2, -0.15) is 0 Å². The fraction of sp³-hybridized carbons (Fsp3) is 0.429. The van der Waals surface area contributed by atoms with Gasteiger partial charge in [-0.3, -0.25) is 9.59 Å². The molecule has 7 heteroatoms. The highest BCUT2D eigenvalue weighted by Crippen LogP contribution is 2.28. The van der Waals surface area contributed by atoms with Gasteiger partial charge in [-0.05, 0) is 12.8 Å². The summed E-state index contributed by atoms with van der Waals surface area (Å²) in [6.45, 7) is 2.59. The van der Waals surface area contributed by atoms with E-state index in [-0.39, 0.29) is 23.7 Å². The maximum Gasteiger partial charge on any atom is 0.308 e. The van der Waals surface area contributed by atoms with Crippen LogP contribution in [0.2, 0.25) is 0 Å². The van der Waals surface area contributed by atoms with Crippen LogP contribution in [0.5, 0.6) is 0 Å². The zero-order valence-electron chi connectivity index (χ0n) is 16.0. The summed E-state index contributed by atoms with van der Waals surface area (Å²) in [5.74, 6) is 0.772. The largest absolute Gasteiger partial charge is 0.469 e. The molecule has 0 atom stereocenters. The highest BCUT2D eigenvalue weighted by Gasteiger charge is 2.38. The second-order valence-corrected chi connectivity index (χ2v) is 7.35. The Balaban J connectivity index is 1.33. The number of carbonyl (C=O) groups excluding carboxylic acids is 2. The van der Waals surface area contributed by atoms with E-state index in [2.05, 4.69) is 14.9 Å². The third-order valence-electron chi connectivity index (χ3n) is 5.62. The summed E-state index contributed by atoms with van der Waals surface area (Å²) in [4.78, 5) is 37.1. The van der Waals surface area contributed by atoms with Crippen molar-refractivity contribution in [2.24, 2.45) is 11.8 Å². The molecule has 2 aliphatic heterocycles. The topological polar surface area (TPSA) is 75.6 Å². The number of piperidine rings is 1. The van der Waals surface area contributed by atoms with Crippen LogP contribution in [0.1, 0.15) is 12.8 Å². The van der Waals surface area contributed by atoms with Gasteiger partial charge < -0.3 is 14.5 Å². The SMILES string of the molecule is COC(=O)C1CCN(C(=O)C2CN(c3cc(-c4ccccc4)ncn3)C2)CC1. The summed E-state index contributed by atoms with van der Waals surface area (Å²) in [5, 5.41) is 0. The average Bonchev–Trinajstić information content (AvgIpc) is 2.73. The molecule has 2 aromatic rings. The molecule has 3 heterocycles. The van der Waals surface area contributed by atoms with Crippen LogP contribution < -0.4 is 4.90 Å². The summed E-state index contributed by atoms with van der Waals surface area (Å²) in [7, 11) is 1.42. The molecule has 0 radical (unpaired) electrons. The smallest absolute Gasteiger partial charge is 0.308 e. The zero-order valence-corrected chi connectivity index (χ0v) is 16.0. The molecule has 1 amide bonds. The van der Waals surface area contributed by atoms with Gasteiger partial charge in [0.15, 0.2) is 0 Å². The number of rotatable bonds is 4. The Morgan fingerprint density at radius 3 is 2.43 bits per heavy atom. The lowest BCUT2D eigenvalue weighted by molar-refractivity contribution is -0.149. The third kappa shape index (κ3) is 3.69. The lowest BCUT2D eigenvalue weighted by Gasteiger charge is -2.42. The molecule has 2 fully saturated rings. The fourth-order valence-corrected chi connectivity index (χ4v) is 3.87. The van der Waals surface area contributed by atoms with Crippen molar-refractivity contribution in [2.45, 2.75) is 12.8 Å². The van der Waals surface area contributed by atoms with Gasteiger partial charge >= 0.3 is 5.97 Å². The second-order valence-electron chi connectivity index (χ2n) is 7.35. The van der Waals surface area contributed by atoms with Crippen LogP contribution >= 0.6 is 0 Å². The highest BCUT2D eigenvalue weighted by atomic mass is 16.5. The lowest BCUT2D eigenvalue weighted by atomic mass is 9.93. The summed E-state index contributed by atoms with van der Waals surface area (Å²) >= 11 is 0. The molecule has 2 saturated heterocycles. The van der Waals surface area contributed by atoms with Gasteiger partial charge in [-0.1, -0.05) is 30.3 Å². The molecule has 0 unspecified atom stereocenters. The van der Waals surface area contributed by atoms with E-state index >= 15 is 0 Å². The minimum Gasteiger partial charge on any atom is -0.469 e. The first-order chi connectivity index (χ1) is 13.7. The fourth-order valence-electron chi connectivity index (χ4n) is 3.87. The summed E-state index contributed by atoms with van der Waals surface area (Å²) in [5.41, 5.74) is 1.93. The zero-order chi connectivity index (χ0) is 19.5. The Labute approximate surface area is 164 Å². The first kappa shape index (κ1) is 18.4. The standard InChI is InChI=1S/C21H24N4O3/c1-28-21(27)16-7-9-24(10-8-16)20(26)17-12-25(13-17)19-11-18(22-14-23-19)15-5-3-2-4-6-15/h2-6,11,14,16-17H,7-10,12-13H2,1H3. The maximum absolute atomic E-state index is 12.7. The number of likely N-dealkylation sites (tertiary alicyclic amines) is 1. The van der Waals surface area contributed by atoms with Gasteiger partial charge in [-0.25, -0.2) is 9.97 Å². The molecule has 146 valence electrons. The molecular formula is C21H24N4O3. The number of methoxy groups -OCH3 is 1. The van der Waals surface area contributed by atoms with Crippen molar-refractivity contribution in [1.82, 2.24) is 14.9 Å². The highest BCUT2D eigenvalue weighted by molar-refractivity contribution is 5.82. The van der Waals surface area contributed by atoms with Crippen LogP contribution in [-0.4, -0.2) is 60.0 Å². The van der Waals surface area contributed by atoms with Crippen molar-refractivity contribution in [3.63, 3.8) is 0 Å². The Kier molecular flexibility index (Phi) is 5.23. The maximum atomic E-state index is 12.7. The number of aromatic nitrogens is 2. The molecule has 4 rings (SSSR count). The Morgan fingerprint density at radius 2 is 1.75 bits per heavy atom. The lowest BCUT2D eigenvalue weighted by Crippen LogP contribution is -2.56. The van der Waals surface area contributed by atoms with E-state index in [0.717, 1.165) is 17.1 Å². The number of hydrogen-bond donors (Lipinski definition) is 0. The Bertz CT molecular complexity index is 844. The predicted octanol–water partition coefficient (Wildman–Crippen LogP) is 1.99. The molecule has 0 spiro atoms. The second kappa shape index (κ2) is 7.96. The number of esters is 1. The quantitative estimate of drug-likeness (QED) is 0.755. The molecule has 0 aliphatic carbocycles. The van der Waals surface area contributed by atoms with Crippen molar-refractivity contribution in [1.29, 1.82) is 0 Å². The molecule has 2 aliphatic rings. The predicted molar refractivity (Wildman–Crippen MR) is 104 cm³/mol. The number of carbonyl (C=O) groups is 2. The van der Waals surface area contributed by atoms with E-state index in [1.54, 1.807) is 6.33 Å². The molecule has 28 heavy (non-hydrogen) atoms.